The van der Waals surface area contributed by atoms with Gasteiger partial charge in [-0.15, -0.1) is 24.9 Å². The van der Waals surface area contributed by atoms with Gasteiger partial charge in [-0.2, -0.15) is 0 Å². The molecule has 2 aromatic carbocycles. The summed E-state index contributed by atoms with van der Waals surface area (Å²) in [6, 6.07) is 14.4. The molecule has 0 aliphatic carbocycles. The Kier molecular flexibility index (Phi) is 10.2. The van der Waals surface area contributed by atoms with Crippen LogP contribution < -0.4 is 4.90 Å². The Morgan fingerprint density at radius 1 is 1.07 bits per heavy atom. The van der Waals surface area contributed by atoms with Gasteiger partial charge in [0.15, 0.2) is 0 Å². The average molecular weight is 644 g/mol. The van der Waals surface area contributed by atoms with E-state index in [0.29, 0.717) is 13.1 Å². The van der Waals surface area contributed by atoms with Crippen LogP contribution in [0.1, 0.15) is 50.3 Å². The average Bonchev–Trinajstić information content (AvgIpc) is 3.64. The van der Waals surface area contributed by atoms with Crippen LogP contribution in [0.15, 0.2) is 73.8 Å². The van der Waals surface area contributed by atoms with Gasteiger partial charge in [-0.05, 0) is 48.8 Å². The number of nitrogens with zero attached hydrogens (tertiary/aromatic N) is 3. The summed E-state index contributed by atoms with van der Waals surface area (Å²) >= 11 is 1.68. The fourth-order valence-electron chi connectivity index (χ4n) is 8.40. The number of carbonyl (C=O) groups is 3. The lowest BCUT2D eigenvalue weighted by atomic mass is 9.65. The number of fused-ring (bicyclic) bond motifs is 1. The number of aliphatic hydroxyl groups is 1. The van der Waals surface area contributed by atoms with Gasteiger partial charge in [-0.25, -0.2) is 0 Å². The molecule has 1 spiro atoms. The van der Waals surface area contributed by atoms with Gasteiger partial charge in [0, 0.05) is 30.6 Å². The number of hydrogen-bond donors (Lipinski definition) is 1. The molecule has 7 nitrogen and oxygen atoms in total. The molecule has 3 heterocycles. The van der Waals surface area contributed by atoms with E-state index in [1.807, 2.05) is 76.2 Å². The molecule has 3 fully saturated rings. The molecule has 46 heavy (non-hydrogen) atoms. The van der Waals surface area contributed by atoms with Gasteiger partial charge in [0.1, 0.15) is 6.04 Å². The number of anilines is 1. The Morgan fingerprint density at radius 2 is 1.72 bits per heavy atom. The SMILES string of the molecule is C=CCN(Cc1ccccc1)C(=O)[C@@H]1[C@H]2C(=O)N([C@@H](CO)[C@@H](C)CC)C(C(=O)N(CC=C)c3c(C)cccc3C)C23S[C@@H]1CC3C. The third kappa shape index (κ3) is 5.51. The van der Waals surface area contributed by atoms with E-state index in [-0.39, 0.29) is 48.0 Å². The van der Waals surface area contributed by atoms with Crippen molar-refractivity contribution in [2.45, 2.75) is 76.1 Å². The Bertz CT molecular complexity index is 1460. The summed E-state index contributed by atoms with van der Waals surface area (Å²) < 4.78 is -0.803. The van der Waals surface area contributed by atoms with Gasteiger partial charge >= 0.3 is 0 Å². The highest BCUT2D eigenvalue weighted by Crippen LogP contribution is 2.69. The molecule has 0 aromatic heterocycles. The van der Waals surface area contributed by atoms with Crippen molar-refractivity contribution in [3.8, 4) is 0 Å². The van der Waals surface area contributed by atoms with Crippen molar-refractivity contribution in [1.82, 2.24) is 9.80 Å². The van der Waals surface area contributed by atoms with E-state index < -0.39 is 28.7 Å². The first-order valence-electron chi connectivity index (χ1n) is 16.6. The highest BCUT2D eigenvalue weighted by atomic mass is 32.2. The third-order valence-corrected chi connectivity index (χ3v) is 12.8. The molecule has 2 aromatic rings. The molecular weight excluding hydrogens is 595 g/mol. The standard InChI is InChI=1S/C38H49N3O4S/c1-8-19-39(22-28-17-12-11-13-18-28)35(43)31-30-21-27(7)38(46-30)32(31)36(44)41(29(23-42)24(4)10-3)34(38)37(45)40(20-9-2)33-25(5)15-14-16-26(33)6/h8-9,11-18,24,27,29-32,34,42H,1-2,10,19-23H2,3-7H3/t24-,27?,29-,30+,31-,32-,34?,38?/m0/s1. The van der Waals surface area contributed by atoms with Crippen molar-refractivity contribution in [1.29, 1.82) is 0 Å². The maximum absolute atomic E-state index is 15.2. The second-order valence-electron chi connectivity index (χ2n) is 13.4. The molecule has 1 N–H and O–H groups in total. The van der Waals surface area contributed by atoms with Crippen LogP contribution in [0.2, 0.25) is 0 Å². The molecule has 5 rings (SSSR count). The summed E-state index contributed by atoms with van der Waals surface area (Å²) in [4.78, 5) is 50.1. The van der Waals surface area contributed by atoms with Crippen molar-refractivity contribution < 1.29 is 19.5 Å². The fourth-order valence-corrected chi connectivity index (χ4v) is 10.8. The predicted octanol–water partition coefficient (Wildman–Crippen LogP) is 5.78. The number of carbonyl (C=O) groups excluding carboxylic acids is 3. The molecule has 3 aliphatic rings. The largest absolute Gasteiger partial charge is 0.394 e. The molecule has 2 bridgehead atoms. The molecule has 3 aliphatic heterocycles. The third-order valence-electron chi connectivity index (χ3n) is 10.7. The minimum atomic E-state index is -0.833. The second kappa shape index (κ2) is 13.8. The second-order valence-corrected chi connectivity index (χ2v) is 15.0. The molecule has 3 amide bonds. The number of thioether (sulfide) groups is 1. The van der Waals surface area contributed by atoms with Gasteiger partial charge in [-0.1, -0.05) is 87.9 Å². The lowest BCUT2D eigenvalue weighted by Crippen LogP contribution is -2.60. The summed E-state index contributed by atoms with van der Waals surface area (Å²) in [5.74, 6) is -1.69. The van der Waals surface area contributed by atoms with Crippen LogP contribution in [0.4, 0.5) is 5.69 Å². The number of benzene rings is 2. The number of aliphatic hydroxyl groups excluding tert-OH is 1. The van der Waals surface area contributed by atoms with Crippen molar-refractivity contribution >= 4 is 35.2 Å². The molecular formula is C38H49N3O4S. The minimum absolute atomic E-state index is 0.0150. The normalized spacial score (nSPS) is 27.7. The number of aryl methyl sites for hydroxylation is 2. The molecule has 0 radical (unpaired) electrons. The summed E-state index contributed by atoms with van der Waals surface area (Å²) in [6.45, 7) is 18.9. The van der Waals surface area contributed by atoms with Gasteiger partial charge in [0.25, 0.3) is 5.91 Å². The lowest BCUT2D eigenvalue weighted by molar-refractivity contribution is -0.146. The van der Waals surface area contributed by atoms with Gasteiger partial charge in [0.05, 0.1) is 29.2 Å². The van der Waals surface area contributed by atoms with E-state index in [4.69, 9.17) is 0 Å². The Morgan fingerprint density at radius 3 is 2.30 bits per heavy atom. The first-order valence-corrected chi connectivity index (χ1v) is 17.5. The zero-order valence-corrected chi connectivity index (χ0v) is 28.7. The topological polar surface area (TPSA) is 81.2 Å². The molecule has 3 unspecified atom stereocenters. The minimum Gasteiger partial charge on any atom is -0.394 e. The molecule has 3 saturated heterocycles. The zero-order chi connectivity index (χ0) is 33.3. The predicted molar refractivity (Wildman–Crippen MR) is 186 cm³/mol. The quantitative estimate of drug-likeness (QED) is 0.280. The number of hydrogen-bond acceptors (Lipinski definition) is 5. The number of para-hydroxylation sites is 1. The van der Waals surface area contributed by atoms with Crippen molar-refractivity contribution in [3.05, 3.63) is 90.5 Å². The monoisotopic (exact) mass is 643 g/mol. The smallest absolute Gasteiger partial charge is 0.251 e. The van der Waals surface area contributed by atoms with Crippen molar-refractivity contribution in [2.75, 3.05) is 24.6 Å². The maximum Gasteiger partial charge on any atom is 0.251 e. The van der Waals surface area contributed by atoms with Crippen LogP contribution in [0.3, 0.4) is 0 Å². The van der Waals surface area contributed by atoms with Crippen LogP contribution >= 0.6 is 11.8 Å². The van der Waals surface area contributed by atoms with E-state index in [2.05, 4.69) is 20.1 Å². The Balaban J connectivity index is 1.64. The van der Waals surface area contributed by atoms with Gasteiger partial charge < -0.3 is 19.8 Å². The first-order chi connectivity index (χ1) is 22.1. The lowest BCUT2D eigenvalue weighted by Gasteiger charge is -2.43. The zero-order valence-electron chi connectivity index (χ0n) is 27.9. The summed E-state index contributed by atoms with van der Waals surface area (Å²) in [5.41, 5.74) is 3.76. The van der Waals surface area contributed by atoms with Gasteiger partial charge in [0.2, 0.25) is 11.8 Å². The van der Waals surface area contributed by atoms with E-state index in [9.17, 15) is 14.7 Å². The van der Waals surface area contributed by atoms with E-state index >= 15 is 4.79 Å². The summed E-state index contributed by atoms with van der Waals surface area (Å²) in [7, 11) is 0. The number of amides is 3. The molecule has 246 valence electrons. The maximum atomic E-state index is 15.2. The Hall–Kier alpha value is -3.36. The van der Waals surface area contributed by atoms with E-state index in [1.165, 1.54) is 0 Å². The number of likely N-dealkylation sites (tertiary alicyclic amines) is 1. The highest BCUT2D eigenvalue weighted by Gasteiger charge is 2.77. The van der Waals surface area contributed by atoms with E-state index in [0.717, 1.165) is 35.2 Å². The van der Waals surface area contributed by atoms with Crippen molar-refractivity contribution in [2.24, 2.45) is 23.7 Å². The number of rotatable bonds is 13. The van der Waals surface area contributed by atoms with Crippen LogP contribution in [-0.4, -0.2) is 74.4 Å². The summed E-state index contributed by atoms with van der Waals surface area (Å²) in [5, 5.41) is 10.7. The van der Waals surface area contributed by atoms with Crippen molar-refractivity contribution in [3.63, 3.8) is 0 Å². The van der Waals surface area contributed by atoms with Crippen LogP contribution in [0, 0.1) is 37.5 Å². The fraction of sp³-hybridized carbons (Fsp3) is 0.500. The highest BCUT2D eigenvalue weighted by molar-refractivity contribution is 8.02. The van der Waals surface area contributed by atoms with Crippen LogP contribution in [-0.2, 0) is 20.9 Å². The first kappa shape index (κ1) is 34.0. The molecule has 0 saturated carbocycles. The Labute approximate surface area is 278 Å². The van der Waals surface area contributed by atoms with Crippen LogP contribution in [0.25, 0.3) is 0 Å². The molecule has 8 heteroatoms. The molecule has 8 atom stereocenters. The van der Waals surface area contributed by atoms with E-state index in [1.54, 1.807) is 38.6 Å². The van der Waals surface area contributed by atoms with Gasteiger partial charge in [-0.3, -0.25) is 14.4 Å². The van der Waals surface area contributed by atoms with Crippen LogP contribution in [0.5, 0.6) is 0 Å². The summed E-state index contributed by atoms with van der Waals surface area (Å²) in [6.07, 6.45) is 4.94.